The average Bonchev–Trinajstić information content (AvgIpc) is 3.17. The molecule has 1 aliphatic heterocycles. The molecule has 1 saturated carbocycles. The lowest BCUT2D eigenvalue weighted by Crippen LogP contribution is -2.54. The highest BCUT2D eigenvalue weighted by atomic mass is 16.6. The van der Waals surface area contributed by atoms with Gasteiger partial charge in [-0.05, 0) is 83.0 Å². The molecule has 0 unspecified atom stereocenters. The Morgan fingerprint density at radius 2 is 1.77 bits per heavy atom. The zero-order chi connectivity index (χ0) is 29.0. The maximum absolute atomic E-state index is 14.7. The third-order valence-electron chi connectivity index (χ3n) is 11.5. The molecule has 1 saturated heterocycles. The first-order valence-electron chi connectivity index (χ1n) is 15.6. The molecule has 5 nitrogen and oxygen atoms in total. The van der Waals surface area contributed by atoms with Crippen LogP contribution in [0.1, 0.15) is 92.9 Å². The van der Waals surface area contributed by atoms with E-state index in [1.54, 1.807) is 0 Å². The number of fused-ring (bicyclic) bond motifs is 4. The summed E-state index contributed by atoms with van der Waals surface area (Å²) in [6.45, 7) is 12.5. The number of aliphatic hydroxyl groups excluding tert-OH is 2. The molecule has 218 valence electrons. The van der Waals surface area contributed by atoms with Gasteiger partial charge in [-0.3, -0.25) is 4.79 Å². The molecule has 0 aromatic carbocycles. The van der Waals surface area contributed by atoms with Crippen molar-refractivity contribution in [1.29, 1.82) is 0 Å². The largest absolute Gasteiger partial charge is 0.511 e. The van der Waals surface area contributed by atoms with Gasteiger partial charge in [0.05, 0.1) is 11.5 Å². The predicted octanol–water partition coefficient (Wildman–Crippen LogP) is 7.34. The first-order chi connectivity index (χ1) is 19.0. The molecule has 0 radical (unpaired) electrons. The molecule has 1 heterocycles. The van der Waals surface area contributed by atoms with Gasteiger partial charge in [0, 0.05) is 17.8 Å². The van der Waals surface area contributed by atoms with E-state index in [-0.39, 0.29) is 46.7 Å². The van der Waals surface area contributed by atoms with Crippen LogP contribution in [-0.4, -0.2) is 33.7 Å². The van der Waals surface area contributed by atoms with Crippen LogP contribution < -0.4 is 0 Å². The molecule has 9 atom stereocenters. The van der Waals surface area contributed by atoms with Crippen LogP contribution >= 0.6 is 0 Å². The van der Waals surface area contributed by atoms with E-state index < -0.39 is 28.5 Å². The minimum Gasteiger partial charge on any atom is -0.511 e. The molecule has 0 aromatic heterocycles. The van der Waals surface area contributed by atoms with Crippen LogP contribution in [-0.2, 0) is 14.3 Å². The van der Waals surface area contributed by atoms with Crippen LogP contribution in [0.15, 0.2) is 58.9 Å². The molecular weight excluding hydrogens is 500 g/mol. The maximum atomic E-state index is 14.7. The van der Waals surface area contributed by atoms with E-state index in [2.05, 4.69) is 71.1 Å². The lowest BCUT2D eigenvalue weighted by Gasteiger charge is -2.54. The van der Waals surface area contributed by atoms with Crippen LogP contribution in [0.2, 0.25) is 0 Å². The van der Waals surface area contributed by atoms with E-state index in [1.165, 1.54) is 5.57 Å². The van der Waals surface area contributed by atoms with Gasteiger partial charge in [-0.1, -0.05) is 74.8 Å². The summed E-state index contributed by atoms with van der Waals surface area (Å²) in [6.07, 6.45) is 18.2. The van der Waals surface area contributed by atoms with Crippen molar-refractivity contribution in [2.75, 3.05) is 0 Å². The number of aliphatic hydroxyl groups is 2. The zero-order valence-corrected chi connectivity index (χ0v) is 25.2. The Kier molecular flexibility index (Phi) is 7.61. The summed E-state index contributed by atoms with van der Waals surface area (Å²) in [7, 11) is 0. The molecular formula is C35H48O5. The quantitative estimate of drug-likeness (QED) is 0.219. The normalized spacial score (nSPS) is 43.4. The second kappa shape index (κ2) is 10.5. The molecule has 0 amide bonds. The molecule has 5 rings (SSSR count). The summed E-state index contributed by atoms with van der Waals surface area (Å²) >= 11 is 0. The van der Waals surface area contributed by atoms with Crippen LogP contribution in [0.4, 0.5) is 0 Å². The zero-order valence-electron chi connectivity index (χ0n) is 25.2. The van der Waals surface area contributed by atoms with Crippen LogP contribution in [0.25, 0.3) is 0 Å². The molecule has 0 aromatic rings. The fraction of sp³-hybridized carbons (Fsp3) is 0.657. The Morgan fingerprint density at radius 1 is 1.02 bits per heavy atom. The van der Waals surface area contributed by atoms with Gasteiger partial charge in [-0.25, -0.2) is 4.79 Å². The van der Waals surface area contributed by atoms with Gasteiger partial charge in [0.2, 0.25) is 5.78 Å². The highest BCUT2D eigenvalue weighted by molar-refractivity contribution is 6.26. The molecule has 2 bridgehead atoms. The lowest BCUT2D eigenvalue weighted by molar-refractivity contribution is -0.162. The number of esters is 1. The number of carbonyl (C=O) groups is 2. The van der Waals surface area contributed by atoms with Crippen LogP contribution in [0, 0.1) is 40.4 Å². The monoisotopic (exact) mass is 548 g/mol. The molecule has 5 heteroatoms. The number of hydrogen-bond acceptors (Lipinski definition) is 5. The summed E-state index contributed by atoms with van der Waals surface area (Å²) in [4.78, 5) is 28.6. The van der Waals surface area contributed by atoms with Crippen molar-refractivity contribution in [2.45, 2.75) is 105 Å². The second-order valence-corrected chi connectivity index (χ2v) is 13.5. The van der Waals surface area contributed by atoms with E-state index in [9.17, 15) is 19.8 Å². The van der Waals surface area contributed by atoms with Crippen molar-refractivity contribution in [3.8, 4) is 0 Å². The molecule has 2 fully saturated rings. The summed E-state index contributed by atoms with van der Waals surface area (Å²) in [5.74, 6) is -1.16. The Labute approximate surface area is 240 Å². The Bertz CT molecular complexity index is 1220. The van der Waals surface area contributed by atoms with Crippen molar-refractivity contribution >= 4 is 11.8 Å². The van der Waals surface area contributed by atoms with E-state index in [0.717, 1.165) is 37.7 Å². The SMILES string of the molecule is CC[C@H]1C[C@]23OC(=O)C(=C(O)[C@@]4(CC)[C@@H]5CC[C@H](CC)[C@H](O)[C@H]5C=C[C@H]4CC=CCC(C)=C[C@@]2(C)C=C1C)C3=O. The van der Waals surface area contributed by atoms with E-state index in [4.69, 9.17) is 4.74 Å². The maximum Gasteiger partial charge on any atom is 0.346 e. The average molecular weight is 549 g/mol. The molecule has 5 aliphatic rings. The minimum atomic E-state index is -1.39. The summed E-state index contributed by atoms with van der Waals surface area (Å²) in [5.41, 5.74) is -0.888. The topological polar surface area (TPSA) is 83.8 Å². The van der Waals surface area contributed by atoms with Crippen molar-refractivity contribution in [2.24, 2.45) is 40.4 Å². The van der Waals surface area contributed by atoms with Gasteiger partial charge >= 0.3 is 5.97 Å². The Morgan fingerprint density at radius 3 is 2.45 bits per heavy atom. The van der Waals surface area contributed by atoms with Crippen molar-refractivity contribution in [3.05, 3.63) is 58.9 Å². The Hall–Kier alpha value is -2.40. The van der Waals surface area contributed by atoms with Gasteiger partial charge in [0.25, 0.3) is 0 Å². The van der Waals surface area contributed by atoms with E-state index >= 15 is 0 Å². The molecule has 4 aliphatic carbocycles. The molecule has 40 heavy (non-hydrogen) atoms. The van der Waals surface area contributed by atoms with Gasteiger partial charge in [-0.2, -0.15) is 0 Å². The first kappa shape index (κ1) is 29.1. The first-order valence-corrected chi connectivity index (χ1v) is 15.6. The number of hydrogen-bond donors (Lipinski definition) is 2. The number of rotatable bonds is 3. The highest BCUT2D eigenvalue weighted by Gasteiger charge is 2.66. The van der Waals surface area contributed by atoms with Crippen molar-refractivity contribution in [3.63, 3.8) is 0 Å². The smallest absolute Gasteiger partial charge is 0.346 e. The van der Waals surface area contributed by atoms with Gasteiger partial charge in [-0.15, -0.1) is 0 Å². The number of ketones is 1. The predicted molar refractivity (Wildman–Crippen MR) is 157 cm³/mol. The Balaban J connectivity index is 1.76. The number of carbonyl (C=O) groups excluding carboxylic acids is 2. The van der Waals surface area contributed by atoms with Gasteiger partial charge < -0.3 is 14.9 Å². The van der Waals surface area contributed by atoms with Gasteiger partial charge in [0.1, 0.15) is 11.3 Å². The van der Waals surface area contributed by atoms with Crippen molar-refractivity contribution < 1.29 is 24.5 Å². The third kappa shape index (κ3) is 4.05. The number of ether oxygens (including phenoxy) is 1. The lowest BCUT2D eigenvalue weighted by atomic mass is 9.50. The van der Waals surface area contributed by atoms with Crippen LogP contribution in [0.3, 0.4) is 0 Å². The fourth-order valence-corrected chi connectivity index (χ4v) is 9.26. The standard InChI is InChI=1S/C35H48O5/c1-7-23-14-17-27-26(29(23)36)16-15-25-13-11-10-12-21(4)18-33(6)19-22(5)24(8-2)20-35(33)31(38)28(32(39)40-35)30(37)34(25,27)9-3/h10-11,15-16,18-19,23-27,29,36-37H,7-9,12-14,17,20H2,1-6H3/t23-,24-,25+,26-,27+,29-,33-,34+,35+/m0/s1. The number of Topliss-reactive ketones (excluding diaryl/α,β-unsaturated/α-hetero) is 1. The number of allylic oxidation sites excluding steroid dienone is 6. The van der Waals surface area contributed by atoms with E-state index in [1.807, 2.05) is 6.92 Å². The fourth-order valence-electron chi connectivity index (χ4n) is 9.26. The summed E-state index contributed by atoms with van der Waals surface area (Å²) in [6, 6.07) is 0. The minimum absolute atomic E-state index is 0.0726. The van der Waals surface area contributed by atoms with E-state index in [0.29, 0.717) is 19.3 Å². The molecule has 2 N–H and O–H groups in total. The second-order valence-electron chi connectivity index (χ2n) is 13.5. The van der Waals surface area contributed by atoms with Gasteiger partial charge in [0.15, 0.2) is 5.60 Å². The highest BCUT2D eigenvalue weighted by Crippen LogP contribution is 2.61. The summed E-state index contributed by atoms with van der Waals surface area (Å²) < 4.78 is 6.26. The van der Waals surface area contributed by atoms with Crippen LogP contribution in [0.5, 0.6) is 0 Å². The van der Waals surface area contributed by atoms with Crippen molar-refractivity contribution in [1.82, 2.24) is 0 Å². The third-order valence-corrected chi connectivity index (χ3v) is 11.5. The summed E-state index contributed by atoms with van der Waals surface area (Å²) in [5, 5.41) is 23.8. The molecule has 1 spiro atoms.